The van der Waals surface area contributed by atoms with Crippen molar-refractivity contribution in [2.45, 2.75) is 39.3 Å². The summed E-state index contributed by atoms with van der Waals surface area (Å²) in [5, 5.41) is 0.754. The number of piperidine rings is 1. The van der Waals surface area contributed by atoms with Crippen molar-refractivity contribution in [3.8, 4) is 0 Å². The van der Waals surface area contributed by atoms with Gasteiger partial charge in [-0.3, -0.25) is 9.69 Å². The quantitative estimate of drug-likeness (QED) is 0.525. The summed E-state index contributed by atoms with van der Waals surface area (Å²) in [4.78, 5) is 25.2. The Bertz CT molecular complexity index is 1150. The van der Waals surface area contributed by atoms with Crippen LogP contribution in [0.2, 0.25) is 5.02 Å². The van der Waals surface area contributed by atoms with E-state index in [1.807, 2.05) is 24.3 Å². The summed E-state index contributed by atoms with van der Waals surface area (Å²) in [6.07, 6.45) is 2.03. The molecule has 6 nitrogen and oxygen atoms in total. The zero-order valence-corrected chi connectivity index (χ0v) is 20.9. The van der Waals surface area contributed by atoms with Crippen LogP contribution in [0.15, 0.2) is 48.5 Å². The molecule has 2 aliphatic rings. The van der Waals surface area contributed by atoms with Crippen LogP contribution in [-0.2, 0) is 11.3 Å². The third kappa shape index (κ3) is 4.80. The highest BCUT2D eigenvalue weighted by Gasteiger charge is 2.31. The van der Waals surface area contributed by atoms with Gasteiger partial charge in [-0.25, -0.2) is 4.98 Å². The summed E-state index contributed by atoms with van der Waals surface area (Å²) in [5.41, 5.74) is 3.37. The van der Waals surface area contributed by atoms with Gasteiger partial charge >= 0.3 is 0 Å². The maximum atomic E-state index is 13.4. The van der Waals surface area contributed by atoms with E-state index >= 15 is 0 Å². The molecule has 1 atom stereocenters. The maximum Gasteiger partial charge on any atom is 0.227 e. The van der Waals surface area contributed by atoms with Crippen molar-refractivity contribution < 1.29 is 4.79 Å². The van der Waals surface area contributed by atoms with Gasteiger partial charge < -0.3 is 14.4 Å². The number of carbonyl (C=O) groups excluding carboxylic acids is 1. The van der Waals surface area contributed by atoms with E-state index < -0.39 is 0 Å². The Morgan fingerprint density at radius 3 is 2.62 bits per heavy atom. The van der Waals surface area contributed by atoms with Crippen molar-refractivity contribution in [1.29, 1.82) is 0 Å². The molecule has 0 spiro atoms. The molecule has 180 valence electrons. The molecular weight excluding hydrogens is 446 g/mol. The van der Waals surface area contributed by atoms with Crippen LogP contribution in [0.3, 0.4) is 0 Å². The second-order valence-corrected chi connectivity index (χ2v) is 10.3. The first kappa shape index (κ1) is 23.2. The lowest BCUT2D eigenvalue weighted by Crippen LogP contribution is -2.52. The van der Waals surface area contributed by atoms with Crippen molar-refractivity contribution in [3.05, 3.63) is 59.4 Å². The van der Waals surface area contributed by atoms with E-state index in [1.54, 1.807) is 0 Å². The molecule has 3 aromatic rings. The van der Waals surface area contributed by atoms with E-state index in [1.165, 1.54) is 5.52 Å². The number of anilines is 1. The summed E-state index contributed by atoms with van der Waals surface area (Å²) in [5.74, 6) is 1.48. The van der Waals surface area contributed by atoms with Gasteiger partial charge in [0.15, 0.2) is 0 Å². The van der Waals surface area contributed by atoms with Crippen LogP contribution in [0, 0.1) is 5.92 Å². The van der Waals surface area contributed by atoms with Gasteiger partial charge in [-0.1, -0.05) is 29.8 Å². The molecule has 0 aliphatic carbocycles. The number of likely N-dealkylation sites (tertiary alicyclic amines) is 1. The van der Waals surface area contributed by atoms with Crippen LogP contribution < -0.4 is 4.90 Å². The van der Waals surface area contributed by atoms with Crippen LogP contribution in [0.4, 0.5) is 5.69 Å². The van der Waals surface area contributed by atoms with E-state index in [4.69, 9.17) is 16.6 Å². The van der Waals surface area contributed by atoms with Gasteiger partial charge in [0.2, 0.25) is 5.91 Å². The van der Waals surface area contributed by atoms with Crippen molar-refractivity contribution in [3.63, 3.8) is 0 Å². The fourth-order valence-electron chi connectivity index (χ4n) is 5.50. The zero-order chi connectivity index (χ0) is 23.7. The topological polar surface area (TPSA) is 44.6 Å². The molecule has 2 saturated heterocycles. The van der Waals surface area contributed by atoms with Gasteiger partial charge in [0.25, 0.3) is 0 Å². The van der Waals surface area contributed by atoms with Crippen molar-refractivity contribution in [2.75, 3.05) is 44.2 Å². The summed E-state index contributed by atoms with van der Waals surface area (Å²) < 4.78 is 2.34. The first-order chi connectivity index (χ1) is 16.5. The van der Waals surface area contributed by atoms with Crippen LogP contribution in [0.1, 0.15) is 38.6 Å². The number of nitrogens with zero attached hydrogens (tertiary/aromatic N) is 5. The molecule has 0 unspecified atom stereocenters. The molecule has 34 heavy (non-hydrogen) atoms. The molecular formula is C27H34ClN5O. The van der Waals surface area contributed by atoms with Crippen LogP contribution in [0.25, 0.3) is 11.0 Å². The fraction of sp³-hybridized carbons (Fsp3) is 0.481. The number of hydrogen-bond acceptors (Lipinski definition) is 4. The number of aromatic nitrogens is 2. The van der Waals surface area contributed by atoms with Crippen molar-refractivity contribution in [1.82, 2.24) is 19.4 Å². The molecule has 5 rings (SSSR count). The minimum absolute atomic E-state index is 0.0725. The molecule has 2 aliphatic heterocycles. The van der Waals surface area contributed by atoms with Gasteiger partial charge in [-0.2, -0.15) is 0 Å². The Morgan fingerprint density at radius 2 is 1.85 bits per heavy atom. The fourth-order valence-corrected chi connectivity index (χ4v) is 5.68. The number of carbonyl (C=O) groups is 1. The Labute approximate surface area is 207 Å². The summed E-state index contributed by atoms with van der Waals surface area (Å²) in [7, 11) is 0. The van der Waals surface area contributed by atoms with Crippen LogP contribution in [-0.4, -0.2) is 64.5 Å². The number of benzene rings is 2. The van der Waals surface area contributed by atoms with E-state index in [-0.39, 0.29) is 5.92 Å². The van der Waals surface area contributed by atoms with Gasteiger partial charge in [-0.15, -0.1) is 0 Å². The Morgan fingerprint density at radius 1 is 1.06 bits per heavy atom. The predicted octanol–water partition coefficient (Wildman–Crippen LogP) is 4.83. The molecule has 7 heteroatoms. The molecule has 1 amide bonds. The largest absolute Gasteiger partial charge is 0.368 e. The minimum atomic E-state index is 0.0725. The highest BCUT2D eigenvalue weighted by atomic mass is 35.5. The zero-order valence-electron chi connectivity index (χ0n) is 20.2. The molecule has 2 aromatic carbocycles. The normalized spacial score (nSPS) is 19.8. The highest BCUT2D eigenvalue weighted by Crippen LogP contribution is 2.26. The molecule has 2 fully saturated rings. The Balaban J connectivity index is 1.22. The Hall–Kier alpha value is -2.57. The number of piperazine rings is 1. The monoisotopic (exact) mass is 479 g/mol. The molecule has 0 bridgehead atoms. The molecule has 3 heterocycles. The number of amides is 1. The first-order valence-corrected chi connectivity index (χ1v) is 12.8. The van der Waals surface area contributed by atoms with Gasteiger partial charge in [0.05, 0.1) is 23.5 Å². The summed E-state index contributed by atoms with van der Waals surface area (Å²) >= 11 is 6.16. The van der Waals surface area contributed by atoms with E-state index in [0.29, 0.717) is 11.9 Å². The number of imidazole rings is 1. The van der Waals surface area contributed by atoms with Gasteiger partial charge in [0.1, 0.15) is 5.82 Å². The Kier molecular flexibility index (Phi) is 6.79. The number of para-hydroxylation sites is 2. The predicted molar refractivity (Wildman–Crippen MR) is 138 cm³/mol. The summed E-state index contributed by atoms with van der Waals surface area (Å²) in [6, 6.07) is 16.7. The average Bonchev–Trinajstić information content (AvgIpc) is 3.22. The van der Waals surface area contributed by atoms with Gasteiger partial charge in [0, 0.05) is 49.5 Å². The van der Waals surface area contributed by atoms with E-state index in [2.05, 4.69) is 57.4 Å². The summed E-state index contributed by atoms with van der Waals surface area (Å²) in [6.45, 7) is 10.3. The SMILES string of the molecule is CC(C)n1c(CN2CCC[C@@H](C(=O)N3CCN(c4cccc(Cl)c4)CC3)C2)nc2ccccc21. The first-order valence-electron chi connectivity index (χ1n) is 12.5. The third-order valence-corrected chi connectivity index (χ3v) is 7.40. The van der Waals surface area contributed by atoms with E-state index in [9.17, 15) is 4.79 Å². The average molecular weight is 480 g/mol. The molecule has 0 N–H and O–H groups in total. The lowest BCUT2D eigenvalue weighted by molar-refractivity contribution is -0.137. The highest BCUT2D eigenvalue weighted by molar-refractivity contribution is 6.30. The second kappa shape index (κ2) is 9.96. The number of hydrogen-bond donors (Lipinski definition) is 0. The number of fused-ring (bicyclic) bond motifs is 1. The lowest BCUT2D eigenvalue weighted by Gasteiger charge is -2.39. The van der Waals surface area contributed by atoms with Crippen LogP contribution >= 0.6 is 11.6 Å². The number of rotatable bonds is 5. The smallest absolute Gasteiger partial charge is 0.227 e. The molecule has 0 radical (unpaired) electrons. The lowest BCUT2D eigenvalue weighted by atomic mass is 9.96. The maximum absolute atomic E-state index is 13.4. The van der Waals surface area contributed by atoms with Crippen LogP contribution in [0.5, 0.6) is 0 Å². The minimum Gasteiger partial charge on any atom is -0.368 e. The number of halogens is 1. The van der Waals surface area contributed by atoms with E-state index in [0.717, 1.165) is 80.7 Å². The third-order valence-electron chi connectivity index (χ3n) is 7.17. The second-order valence-electron chi connectivity index (χ2n) is 9.85. The molecule has 0 saturated carbocycles. The van der Waals surface area contributed by atoms with Crippen molar-refractivity contribution in [2.24, 2.45) is 5.92 Å². The van der Waals surface area contributed by atoms with Gasteiger partial charge in [-0.05, 0) is 63.6 Å². The molecule has 1 aromatic heterocycles. The standard InChI is InChI=1S/C27H34ClN5O/c1-20(2)33-25-11-4-3-10-24(25)29-26(33)19-30-12-6-7-21(18-30)27(34)32-15-13-31(14-16-32)23-9-5-8-22(28)17-23/h3-5,8-11,17,20-21H,6-7,12-16,18-19H2,1-2H3/t21-/m1/s1. The van der Waals surface area contributed by atoms with Crippen molar-refractivity contribution >= 4 is 34.2 Å².